The van der Waals surface area contributed by atoms with Gasteiger partial charge in [0, 0.05) is 30.7 Å². The van der Waals surface area contributed by atoms with Crippen LogP contribution in [0.25, 0.3) is 0 Å². The lowest BCUT2D eigenvalue weighted by molar-refractivity contribution is -0.137. The molecule has 8 heteroatoms. The number of halogens is 3. The highest BCUT2D eigenvalue weighted by Gasteiger charge is 2.30. The Morgan fingerprint density at radius 1 is 1.09 bits per heavy atom. The summed E-state index contributed by atoms with van der Waals surface area (Å²) in [6, 6.07) is 17.4. The van der Waals surface area contributed by atoms with Crippen LogP contribution in [-0.2, 0) is 19.3 Å². The van der Waals surface area contributed by atoms with E-state index in [0.717, 1.165) is 37.1 Å². The third-order valence-electron chi connectivity index (χ3n) is 5.47. The largest absolute Gasteiger partial charge is 0.416 e. The minimum absolute atomic E-state index is 0.270. The average Bonchev–Trinajstić information content (AvgIpc) is 3.25. The quantitative estimate of drug-likeness (QED) is 0.357. The van der Waals surface area contributed by atoms with E-state index in [1.165, 1.54) is 6.07 Å². The number of aromatic nitrogens is 1. The van der Waals surface area contributed by atoms with Crippen molar-refractivity contribution in [2.45, 2.75) is 45.5 Å². The fourth-order valence-corrected chi connectivity index (χ4v) is 3.62. The predicted molar refractivity (Wildman–Crippen MR) is 125 cm³/mol. The van der Waals surface area contributed by atoms with Crippen molar-refractivity contribution in [3.8, 4) is 6.07 Å². The Labute approximate surface area is 197 Å². The molecule has 1 N–H and O–H groups in total. The first-order valence-electron chi connectivity index (χ1n) is 11.2. The number of benzene rings is 2. The summed E-state index contributed by atoms with van der Waals surface area (Å²) < 4.78 is 41.1. The van der Waals surface area contributed by atoms with Crippen LogP contribution in [0.3, 0.4) is 0 Å². The van der Waals surface area contributed by atoms with E-state index in [0.29, 0.717) is 29.9 Å². The number of nitriles is 1. The molecule has 0 saturated heterocycles. The topological polar surface area (TPSA) is 61.1 Å². The van der Waals surface area contributed by atoms with Crippen LogP contribution in [0.4, 0.5) is 23.7 Å². The highest BCUT2D eigenvalue weighted by atomic mass is 19.4. The van der Waals surface area contributed by atoms with Crippen LogP contribution in [0.1, 0.15) is 48.6 Å². The summed E-state index contributed by atoms with van der Waals surface area (Å²) in [4.78, 5) is 14.7. The molecule has 0 fully saturated rings. The first-order chi connectivity index (χ1) is 16.3. The van der Waals surface area contributed by atoms with Gasteiger partial charge in [-0.1, -0.05) is 31.9 Å². The van der Waals surface area contributed by atoms with Gasteiger partial charge in [0.25, 0.3) is 0 Å². The number of nitrogens with zero attached hydrogens (tertiary/aromatic N) is 3. The molecule has 0 aliphatic carbocycles. The molecule has 0 aliphatic rings. The van der Waals surface area contributed by atoms with E-state index in [2.05, 4.69) is 12.2 Å². The molecule has 1 heterocycles. The second-order valence-corrected chi connectivity index (χ2v) is 8.07. The van der Waals surface area contributed by atoms with Crippen LogP contribution < -0.4 is 5.32 Å². The maximum atomic E-state index is 13.1. The van der Waals surface area contributed by atoms with Crippen molar-refractivity contribution in [2.24, 2.45) is 0 Å². The molecular formula is C26H27F3N4O. The molecule has 2 aromatic carbocycles. The number of urea groups is 1. The van der Waals surface area contributed by atoms with Gasteiger partial charge in [0.15, 0.2) is 0 Å². The second-order valence-electron chi connectivity index (χ2n) is 8.07. The molecule has 0 unspecified atom stereocenters. The van der Waals surface area contributed by atoms with Gasteiger partial charge >= 0.3 is 12.2 Å². The molecule has 0 radical (unpaired) electrons. The summed E-state index contributed by atoms with van der Waals surface area (Å²) in [6.45, 7) is 3.22. The van der Waals surface area contributed by atoms with Gasteiger partial charge < -0.3 is 14.8 Å². The average molecular weight is 469 g/mol. The number of carbonyl (C=O) groups is 1. The van der Waals surface area contributed by atoms with E-state index in [4.69, 9.17) is 5.26 Å². The van der Waals surface area contributed by atoms with E-state index < -0.39 is 11.7 Å². The van der Waals surface area contributed by atoms with Gasteiger partial charge in [0.05, 0.1) is 23.7 Å². The number of hydrogen-bond donors (Lipinski definition) is 1. The van der Waals surface area contributed by atoms with E-state index in [-0.39, 0.29) is 12.6 Å². The summed E-state index contributed by atoms with van der Waals surface area (Å²) in [5.74, 6) is 0. The monoisotopic (exact) mass is 468 g/mol. The number of carbonyl (C=O) groups excluding carboxylic acids is 1. The molecule has 1 aromatic heterocycles. The number of hydrogen-bond acceptors (Lipinski definition) is 2. The maximum absolute atomic E-state index is 13.1. The van der Waals surface area contributed by atoms with Gasteiger partial charge in [-0.25, -0.2) is 4.79 Å². The molecule has 3 rings (SSSR count). The van der Waals surface area contributed by atoms with Gasteiger partial charge in [0.1, 0.15) is 0 Å². The zero-order valence-corrected chi connectivity index (χ0v) is 19.0. The molecule has 0 bridgehead atoms. The normalized spacial score (nSPS) is 11.1. The number of anilines is 1. The first kappa shape index (κ1) is 24.9. The van der Waals surface area contributed by atoms with Crippen molar-refractivity contribution >= 4 is 11.7 Å². The highest BCUT2D eigenvalue weighted by Crippen LogP contribution is 2.29. The highest BCUT2D eigenvalue weighted by molar-refractivity contribution is 5.89. The molecule has 0 atom stereocenters. The zero-order chi connectivity index (χ0) is 24.6. The molecule has 5 nitrogen and oxygen atoms in total. The van der Waals surface area contributed by atoms with Crippen LogP contribution in [0.15, 0.2) is 66.9 Å². The fraction of sp³-hybridized carbons (Fsp3) is 0.308. The number of alkyl halides is 3. The molecule has 2 amide bonds. The molecule has 0 saturated carbocycles. The van der Waals surface area contributed by atoms with Gasteiger partial charge in [-0.2, -0.15) is 18.4 Å². The van der Waals surface area contributed by atoms with Gasteiger partial charge in [-0.15, -0.1) is 0 Å². The third kappa shape index (κ3) is 6.88. The fourth-order valence-electron chi connectivity index (χ4n) is 3.62. The Morgan fingerprint density at radius 3 is 2.53 bits per heavy atom. The Bertz CT molecular complexity index is 1130. The predicted octanol–water partition coefficient (Wildman–Crippen LogP) is 6.65. The molecule has 0 spiro atoms. The minimum atomic E-state index is -4.39. The summed E-state index contributed by atoms with van der Waals surface area (Å²) in [7, 11) is 0. The van der Waals surface area contributed by atoms with Crippen LogP contribution in [0.5, 0.6) is 0 Å². The van der Waals surface area contributed by atoms with E-state index >= 15 is 0 Å². The van der Waals surface area contributed by atoms with Crippen LogP contribution in [-0.4, -0.2) is 22.0 Å². The van der Waals surface area contributed by atoms with E-state index in [1.54, 1.807) is 41.4 Å². The smallest absolute Gasteiger partial charge is 0.345 e. The number of nitrogens with one attached hydrogen (secondary N) is 1. The van der Waals surface area contributed by atoms with E-state index in [1.807, 2.05) is 22.8 Å². The van der Waals surface area contributed by atoms with Crippen LogP contribution in [0.2, 0.25) is 0 Å². The summed E-state index contributed by atoms with van der Waals surface area (Å²) >= 11 is 0. The van der Waals surface area contributed by atoms with Crippen molar-refractivity contribution < 1.29 is 18.0 Å². The molecular weight excluding hydrogens is 441 g/mol. The van der Waals surface area contributed by atoms with Crippen LogP contribution >= 0.6 is 0 Å². The molecule has 3 aromatic rings. The van der Waals surface area contributed by atoms with Crippen molar-refractivity contribution in [3.05, 3.63) is 89.2 Å². The number of rotatable bonds is 9. The first-order valence-corrected chi connectivity index (χ1v) is 11.2. The van der Waals surface area contributed by atoms with Crippen LogP contribution in [0, 0.1) is 11.3 Å². The SMILES string of the molecule is CCCCCN(Cc1cccn1Cc1cccc(C(F)(F)F)c1)C(=O)Nc1ccc(C#N)cc1. The van der Waals surface area contributed by atoms with Gasteiger partial charge in [0.2, 0.25) is 0 Å². The maximum Gasteiger partial charge on any atom is 0.416 e. The van der Waals surface area contributed by atoms with Crippen molar-refractivity contribution in [1.82, 2.24) is 9.47 Å². The zero-order valence-electron chi connectivity index (χ0n) is 19.0. The van der Waals surface area contributed by atoms with E-state index in [9.17, 15) is 18.0 Å². The van der Waals surface area contributed by atoms with Crippen molar-refractivity contribution in [1.29, 1.82) is 5.26 Å². The second kappa shape index (κ2) is 11.4. The number of unbranched alkanes of at least 4 members (excludes halogenated alkanes) is 2. The van der Waals surface area contributed by atoms with Crippen molar-refractivity contribution in [2.75, 3.05) is 11.9 Å². The lowest BCUT2D eigenvalue weighted by atomic mass is 10.1. The summed E-state index contributed by atoms with van der Waals surface area (Å²) in [5, 5.41) is 11.8. The molecule has 0 aliphatic heterocycles. The standard InChI is InChI=1S/C26H27F3N4O/c1-2-3-4-14-33(25(34)31-23-12-10-20(17-30)11-13-23)19-24-9-6-15-32(24)18-21-7-5-8-22(16-21)26(27,28)29/h5-13,15-16H,2-4,14,18-19H2,1H3,(H,31,34). The lowest BCUT2D eigenvalue weighted by Gasteiger charge is -2.24. The Kier molecular flexibility index (Phi) is 8.36. The third-order valence-corrected chi connectivity index (χ3v) is 5.47. The Morgan fingerprint density at radius 2 is 1.85 bits per heavy atom. The van der Waals surface area contributed by atoms with Gasteiger partial charge in [-0.05, 0) is 60.5 Å². The minimum Gasteiger partial charge on any atom is -0.345 e. The van der Waals surface area contributed by atoms with Gasteiger partial charge in [-0.3, -0.25) is 0 Å². The Hall–Kier alpha value is -3.73. The summed E-state index contributed by atoms with van der Waals surface area (Å²) in [6.07, 6.45) is 0.238. The lowest BCUT2D eigenvalue weighted by Crippen LogP contribution is -2.36. The Balaban J connectivity index is 1.75. The molecule has 34 heavy (non-hydrogen) atoms. The number of amides is 2. The summed E-state index contributed by atoms with van der Waals surface area (Å²) in [5.41, 5.74) is 1.77. The van der Waals surface area contributed by atoms with Crippen molar-refractivity contribution in [3.63, 3.8) is 0 Å². The molecule has 178 valence electrons.